The molecule has 1 fully saturated rings. The number of aryl methyl sites for hydroxylation is 1. The van der Waals surface area contributed by atoms with Crippen LogP contribution >= 0.6 is 0 Å². The van der Waals surface area contributed by atoms with E-state index < -0.39 is 35.2 Å². The van der Waals surface area contributed by atoms with E-state index in [1.165, 1.54) is 13.1 Å². The number of hydrazone groups is 1. The van der Waals surface area contributed by atoms with Gasteiger partial charge >= 0.3 is 24.1 Å². The van der Waals surface area contributed by atoms with Gasteiger partial charge in [0.25, 0.3) is 0 Å². The van der Waals surface area contributed by atoms with Crippen molar-refractivity contribution < 1.29 is 32.3 Å². The molecule has 0 unspecified atom stereocenters. The number of hydrogen-bond donors (Lipinski definition) is 3. The fraction of sp³-hybridized carbons (Fsp3) is 0.545. The fourth-order valence-electron chi connectivity index (χ4n) is 4.54. The van der Waals surface area contributed by atoms with Crippen LogP contribution < -0.4 is 16.1 Å². The second-order valence-electron chi connectivity index (χ2n) is 8.62. The van der Waals surface area contributed by atoms with Gasteiger partial charge in [0, 0.05) is 18.7 Å². The lowest BCUT2D eigenvalue weighted by Crippen LogP contribution is -2.52. The van der Waals surface area contributed by atoms with Crippen molar-refractivity contribution in [2.45, 2.75) is 63.8 Å². The number of carbonyl (C=O) groups is 3. The molecule has 2 aliphatic rings. The number of amides is 3. The van der Waals surface area contributed by atoms with Crippen molar-refractivity contribution in [3.8, 4) is 0 Å². The summed E-state index contributed by atoms with van der Waals surface area (Å²) in [6, 6.07) is 3.19. The summed E-state index contributed by atoms with van der Waals surface area (Å²) in [7, 11) is 1.38. The Kier molecular flexibility index (Phi) is 6.99. The molecule has 1 saturated carbocycles. The van der Waals surface area contributed by atoms with E-state index in [1.54, 1.807) is 6.92 Å². The van der Waals surface area contributed by atoms with Crippen LogP contribution in [0.3, 0.4) is 0 Å². The van der Waals surface area contributed by atoms with Crippen LogP contribution in [0, 0.1) is 12.8 Å². The Balaban J connectivity index is 1.73. The normalized spacial score (nSPS) is 23.8. The highest BCUT2D eigenvalue weighted by Crippen LogP contribution is 2.41. The lowest BCUT2D eigenvalue weighted by atomic mass is 9.72. The van der Waals surface area contributed by atoms with E-state index in [2.05, 4.69) is 21.2 Å². The van der Waals surface area contributed by atoms with Crippen molar-refractivity contribution >= 4 is 23.6 Å². The molecule has 1 aliphatic heterocycles. The topological polar surface area (TPSA) is 109 Å². The van der Waals surface area contributed by atoms with Crippen molar-refractivity contribution in [1.29, 1.82) is 0 Å². The number of ether oxygens (including phenoxy) is 1. The summed E-state index contributed by atoms with van der Waals surface area (Å²) in [5.74, 6) is -1.20. The molecule has 0 aromatic heterocycles. The Morgan fingerprint density at radius 3 is 2.52 bits per heavy atom. The average molecular weight is 468 g/mol. The number of carbonyl (C=O) groups excluding carboxylic acids is 3. The molecule has 1 spiro atoms. The molecule has 1 aromatic rings. The van der Waals surface area contributed by atoms with Gasteiger partial charge in [0.05, 0.1) is 5.56 Å². The van der Waals surface area contributed by atoms with Gasteiger partial charge in [-0.25, -0.2) is 10.2 Å². The van der Waals surface area contributed by atoms with Crippen molar-refractivity contribution in [3.63, 3.8) is 0 Å². The van der Waals surface area contributed by atoms with Gasteiger partial charge in [-0.15, -0.1) is 0 Å². The summed E-state index contributed by atoms with van der Waals surface area (Å²) >= 11 is 0. The zero-order valence-corrected chi connectivity index (χ0v) is 18.6. The monoisotopic (exact) mass is 468 g/mol. The highest BCUT2D eigenvalue weighted by atomic mass is 19.4. The van der Waals surface area contributed by atoms with Crippen LogP contribution in [0.5, 0.6) is 0 Å². The summed E-state index contributed by atoms with van der Waals surface area (Å²) in [4.78, 5) is 35.1. The third kappa shape index (κ3) is 5.45. The average Bonchev–Trinajstić information content (AvgIpc) is 2.74. The molecule has 11 heteroatoms. The minimum absolute atomic E-state index is 0.208. The molecule has 3 rings (SSSR count). The van der Waals surface area contributed by atoms with E-state index in [1.807, 2.05) is 6.92 Å². The van der Waals surface area contributed by atoms with Crippen molar-refractivity contribution in [2.24, 2.45) is 11.0 Å². The van der Waals surface area contributed by atoms with Gasteiger partial charge in [-0.1, -0.05) is 6.07 Å². The first kappa shape index (κ1) is 24.5. The first-order valence-corrected chi connectivity index (χ1v) is 10.7. The standard InChI is InChI=1S/C22H27F3N4O4/c1-12-10-15(22(23,24)25)4-5-16(12)17-21(33-20(32)29-28-17)8-6-14(7-9-21)11-13(2)27-19(31)18(30)26-3/h4-5,10,13-14H,6-9,11H2,1-3H3,(H,26,30)(H,27,31)(H,29,32)/t13-,14?,21?/m0/s1. The smallest absolute Gasteiger partial charge is 0.428 e. The van der Waals surface area contributed by atoms with Crippen LogP contribution in [0.4, 0.5) is 18.0 Å². The number of benzene rings is 1. The molecule has 33 heavy (non-hydrogen) atoms. The van der Waals surface area contributed by atoms with Crippen molar-refractivity contribution in [1.82, 2.24) is 16.1 Å². The van der Waals surface area contributed by atoms with Crippen LogP contribution in [-0.2, 0) is 20.5 Å². The molecule has 3 amide bonds. The molecule has 1 atom stereocenters. The summed E-state index contributed by atoms with van der Waals surface area (Å²) in [6.45, 7) is 3.38. The lowest BCUT2D eigenvalue weighted by molar-refractivity contribution is -0.139. The van der Waals surface area contributed by atoms with Crippen LogP contribution in [-0.4, -0.2) is 42.3 Å². The van der Waals surface area contributed by atoms with Gasteiger partial charge in [0.1, 0.15) is 5.71 Å². The van der Waals surface area contributed by atoms with Crippen LogP contribution in [0.25, 0.3) is 0 Å². The number of nitrogens with one attached hydrogen (secondary N) is 3. The number of rotatable bonds is 4. The molecule has 1 aromatic carbocycles. The molecular formula is C22H27F3N4O4. The molecule has 0 radical (unpaired) electrons. The zero-order valence-electron chi connectivity index (χ0n) is 18.6. The van der Waals surface area contributed by atoms with Crippen LogP contribution in [0.1, 0.15) is 55.7 Å². The van der Waals surface area contributed by atoms with Crippen molar-refractivity contribution in [2.75, 3.05) is 7.05 Å². The Bertz CT molecular complexity index is 969. The second kappa shape index (κ2) is 9.40. The van der Waals surface area contributed by atoms with E-state index >= 15 is 0 Å². The summed E-state index contributed by atoms with van der Waals surface area (Å²) in [5, 5.41) is 9.10. The van der Waals surface area contributed by atoms with E-state index in [-0.39, 0.29) is 12.0 Å². The first-order valence-electron chi connectivity index (χ1n) is 10.7. The number of nitrogens with zero attached hydrogens (tertiary/aromatic N) is 1. The van der Waals surface area contributed by atoms with Gasteiger partial charge in [-0.2, -0.15) is 18.3 Å². The third-order valence-corrected chi connectivity index (χ3v) is 6.20. The number of halogens is 3. The predicted molar refractivity (Wildman–Crippen MR) is 113 cm³/mol. The number of hydrogen-bond acceptors (Lipinski definition) is 5. The molecule has 8 nitrogen and oxygen atoms in total. The van der Waals surface area contributed by atoms with Crippen molar-refractivity contribution in [3.05, 3.63) is 34.9 Å². The number of alkyl halides is 3. The Labute approximate surface area is 189 Å². The SMILES string of the molecule is CNC(=O)C(=O)N[C@@H](C)CC1CCC2(CC1)OC(=O)NN=C2c1ccc(C(F)(F)F)cc1C. The van der Waals surface area contributed by atoms with Gasteiger partial charge in [-0.05, 0) is 69.6 Å². The van der Waals surface area contributed by atoms with Gasteiger partial charge in [0.15, 0.2) is 5.60 Å². The largest absolute Gasteiger partial charge is 0.435 e. The summed E-state index contributed by atoms with van der Waals surface area (Å²) < 4.78 is 44.9. The maximum atomic E-state index is 13.1. The highest BCUT2D eigenvalue weighted by molar-refractivity contribution is 6.35. The maximum absolute atomic E-state index is 13.1. The lowest BCUT2D eigenvalue weighted by Gasteiger charge is -2.42. The Hall–Kier alpha value is -3.11. The fourth-order valence-corrected chi connectivity index (χ4v) is 4.54. The second-order valence-corrected chi connectivity index (χ2v) is 8.62. The molecule has 1 aliphatic carbocycles. The molecular weight excluding hydrogens is 441 g/mol. The van der Waals surface area contributed by atoms with Gasteiger partial charge in [0.2, 0.25) is 0 Å². The third-order valence-electron chi connectivity index (χ3n) is 6.20. The molecule has 0 saturated heterocycles. The summed E-state index contributed by atoms with van der Waals surface area (Å²) in [6.07, 6.45) is -2.31. The molecule has 1 heterocycles. The van der Waals surface area contributed by atoms with E-state index in [0.717, 1.165) is 12.1 Å². The zero-order chi connectivity index (χ0) is 24.4. The number of likely N-dealkylation sites (N-methyl/N-ethyl adjacent to an activating group) is 1. The van der Waals surface area contributed by atoms with Gasteiger partial charge < -0.3 is 15.4 Å². The van der Waals surface area contributed by atoms with Crippen LogP contribution in [0.2, 0.25) is 0 Å². The maximum Gasteiger partial charge on any atom is 0.428 e. The summed E-state index contributed by atoms with van der Waals surface area (Å²) in [5.41, 5.74) is 1.78. The molecule has 0 bridgehead atoms. The Morgan fingerprint density at radius 1 is 1.27 bits per heavy atom. The quantitative estimate of drug-likeness (QED) is 0.590. The van der Waals surface area contributed by atoms with Gasteiger partial charge in [-0.3, -0.25) is 9.59 Å². The predicted octanol–water partition coefficient (Wildman–Crippen LogP) is 3.03. The van der Waals surface area contributed by atoms with Crippen LogP contribution in [0.15, 0.2) is 23.3 Å². The first-order chi connectivity index (χ1) is 15.4. The minimum atomic E-state index is -4.46. The van der Waals surface area contributed by atoms with E-state index in [4.69, 9.17) is 4.74 Å². The molecule has 180 valence electrons. The highest BCUT2D eigenvalue weighted by Gasteiger charge is 2.47. The Morgan fingerprint density at radius 2 is 1.94 bits per heavy atom. The van der Waals surface area contributed by atoms with E-state index in [0.29, 0.717) is 48.9 Å². The van der Waals surface area contributed by atoms with E-state index in [9.17, 15) is 27.6 Å². The minimum Gasteiger partial charge on any atom is -0.435 e. The molecule has 3 N–H and O–H groups in total.